The molecule has 23 heavy (non-hydrogen) atoms. The van der Waals surface area contributed by atoms with E-state index in [1.54, 1.807) is 0 Å². The first-order valence-corrected chi connectivity index (χ1v) is 9.09. The number of nitrogens with two attached hydrogens (primary N) is 1. The maximum Gasteiger partial charge on any atom is 0.514 e. The number of pyridine rings is 1. The molecular weight excluding hydrogens is 319 g/mol. The number of rotatable bonds is 4. The molecule has 1 aliphatic carbocycles. The Morgan fingerprint density at radius 2 is 1.83 bits per heavy atom. The summed E-state index contributed by atoms with van der Waals surface area (Å²) in [5, 5.41) is 5.31. The average Bonchev–Trinajstić information content (AvgIpc) is 3.16. The van der Waals surface area contributed by atoms with Crippen molar-refractivity contribution in [1.82, 2.24) is 4.98 Å². The maximum absolute atomic E-state index is 11.9. The number of sulfonamides is 1. The largest absolute Gasteiger partial charge is 0.514 e. The molecule has 1 aromatic heterocycles. The average molecular weight is 340 g/mol. The lowest BCUT2D eigenvalue weighted by molar-refractivity contribution is 0.00578. The lowest BCUT2D eigenvalue weighted by atomic mass is 9.84. The molecule has 1 saturated carbocycles. The molecule has 0 amide bonds. The molecule has 0 unspecified atom stereocenters. The highest BCUT2D eigenvalue weighted by molar-refractivity contribution is 7.89. The van der Waals surface area contributed by atoms with Gasteiger partial charge in [-0.3, -0.25) is 4.98 Å². The van der Waals surface area contributed by atoms with Crippen LogP contribution in [0, 0.1) is 0 Å². The Kier molecular flexibility index (Phi) is 3.75. The van der Waals surface area contributed by atoms with Gasteiger partial charge in [-0.1, -0.05) is 0 Å². The molecule has 7 nitrogen and oxygen atoms in total. The van der Waals surface area contributed by atoms with E-state index in [2.05, 4.69) is 4.98 Å². The molecule has 0 aromatic carbocycles. The van der Waals surface area contributed by atoms with Crippen molar-refractivity contribution in [3.05, 3.63) is 12.3 Å². The van der Waals surface area contributed by atoms with Gasteiger partial charge in [-0.05, 0) is 46.6 Å². The minimum absolute atomic E-state index is 0.0417. The van der Waals surface area contributed by atoms with E-state index in [1.807, 2.05) is 27.7 Å². The minimum atomic E-state index is -3.94. The van der Waals surface area contributed by atoms with Crippen LogP contribution in [0.15, 0.2) is 17.2 Å². The second-order valence-corrected chi connectivity index (χ2v) is 8.54. The quantitative estimate of drug-likeness (QED) is 0.804. The number of aromatic nitrogens is 1. The van der Waals surface area contributed by atoms with E-state index in [9.17, 15) is 8.42 Å². The van der Waals surface area contributed by atoms with E-state index < -0.39 is 28.3 Å². The number of hydrogen-bond donors (Lipinski definition) is 1. The highest BCUT2D eigenvalue weighted by atomic mass is 32.2. The summed E-state index contributed by atoms with van der Waals surface area (Å²) in [5.41, 5.74) is -0.718. The SMILES string of the molecule is CC1(C)OB(c2cc(S(N)(=O)=O)c(OC3CC3)cn2)OC1(C)C. The highest BCUT2D eigenvalue weighted by Gasteiger charge is 2.52. The fourth-order valence-corrected chi connectivity index (χ4v) is 2.87. The van der Waals surface area contributed by atoms with Gasteiger partial charge in [0, 0.05) is 0 Å². The summed E-state index contributed by atoms with van der Waals surface area (Å²) < 4.78 is 41.1. The van der Waals surface area contributed by atoms with Crippen molar-refractivity contribution in [3.8, 4) is 5.75 Å². The summed E-state index contributed by atoms with van der Waals surface area (Å²) in [6, 6.07) is 1.37. The molecule has 0 atom stereocenters. The third-order valence-electron chi connectivity index (χ3n) is 4.47. The third-order valence-corrected chi connectivity index (χ3v) is 5.40. The lowest BCUT2D eigenvalue weighted by Gasteiger charge is -2.32. The van der Waals surface area contributed by atoms with Crippen LogP contribution in [0.5, 0.6) is 5.75 Å². The Morgan fingerprint density at radius 3 is 2.30 bits per heavy atom. The first-order chi connectivity index (χ1) is 10.5. The fraction of sp³-hybridized carbons (Fsp3) is 0.643. The molecule has 2 aliphatic rings. The van der Waals surface area contributed by atoms with Gasteiger partial charge in [-0.2, -0.15) is 0 Å². The molecular formula is C14H21BN2O5S. The summed E-state index contributed by atoms with van der Waals surface area (Å²) >= 11 is 0. The zero-order chi connectivity index (χ0) is 17.0. The number of hydrogen-bond acceptors (Lipinski definition) is 6. The predicted molar refractivity (Wildman–Crippen MR) is 85.0 cm³/mol. The van der Waals surface area contributed by atoms with Crippen molar-refractivity contribution in [2.45, 2.75) is 62.7 Å². The molecule has 1 aromatic rings. The van der Waals surface area contributed by atoms with E-state index in [-0.39, 0.29) is 16.7 Å². The number of ether oxygens (including phenoxy) is 1. The van der Waals surface area contributed by atoms with Crippen LogP contribution in [0.2, 0.25) is 0 Å². The Balaban J connectivity index is 1.95. The van der Waals surface area contributed by atoms with Crippen LogP contribution in [0.25, 0.3) is 0 Å². The van der Waals surface area contributed by atoms with Crippen LogP contribution in [0.3, 0.4) is 0 Å². The van der Waals surface area contributed by atoms with Crippen molar-refractivity contribution in [3.63, 3.8) is 0 Å². The molecule has 1 saturated heterocycles. The van der Waals surface area contributed by atoms with E-state index in [1.165, 1.54) is 12.3 Å². The third kappa shape index (κ3) is 3.23. The van der Waals surface area contributed by atoms with Gasteiger partial charge in [0.15, 0.2) is 5.75 Å². The Labute approximate surface area is 136 Å². The van der Waals surface area contributed by atoms with Gasteiger partial charge in [0.25, 0.3) is 0 Å². The minimum Gasteiger partial charge on any atom is -0.487 e. The van der Waals surface area contributed by atoms with Crippen LogP contribution < -0.4 is 15.5 Å². The molecule has 126 valence electrons. The molecule has 2 heterocycles. The van der Waals surface area contributed by atoms with Crippen molar-refractivity contribution >= 4 is 22.7 Å². The molecule has 0 radical (unpaired) electrons. The van der Waals surface area contributed by atoms with Crippen LogP contribution in [0.4, 0.5) is 0 Å². The van der Waals surface area contributed by atoms with Crippen LogP contribution in [-0.2, 0) is 19.3 Å². The smallest absolute Gasteiger partial charge is 0.487 e. The predicted octanol–water partition coefficient (Wildman–Crippen LogP) is 0.569. The van der Waals surface area contributed by atoms with E-state index in [0.29, 0.717) is 5.59 Å². The summed E-state index contributed by atoms with van der Waals surface area (Å²) in [7, 11) is -4.69. The monoisotopic (exact) mass is 340 g/mol. The zero-order valence-electron chi connectivity index (χ0n) is 13.7. The van der Waals surface area contributed by atoms with E-state index >= 15 is 0 Å². The normalized spacial score (nSPS) is 23.1. The van der Waals surface area contributed by atoms with E-state index in [4.69, 9.17) is 19.2 Å². The van der Waals surface area contributed by atoms with Crippen LogP contribution in [-0.4, -0.2) is 37.8 Å². The van der Waals surface area contributed by atoms with Crippen molar-refractivity contribution in [2.75, 3.05) is 0 Å². The molecule has 2 fully saturated rings. The summed E-state index contributed by atoms with van der Waals surface area (Å²) in [5.74, 6) is 0.176. The van der Waals surface area contributed by atoms with Crippen LogP contribution in [0.1, 0.15) is 40.5 Å². The molecule has 9 heteroatoms. The molecule has 0 bridgehead atoms. The summed E-state index contributed by atoms with van der Waals surface area (Å²) in [6.45, 7) is 7.66. The first-order valence-electron chi connectivity index (χ1n) is 7.55. The Hall–Kier alpha value is -1.16. The van der Waals surface area contributed by atoms with Crippen molar-refractivity contribution in [2.24, 2.45) is 5.14 Å². The highest BCUT2D eigenvalue weighted by Crippen LogP contribution is 2.37. The molecule has 1 aliphatic heterocycles. The molecule has 3 rings (SSSR count). The Bertz CT molecular complexity index is 715. The zero-order valence-corrected chi connectivity index (χ0v) is 14.5. The van der Waals surface area contributed by atoms with Gasteiger partial charge in [0.05, 0.1) is 29.1 Å². The van der Waals surface area contributed by atoms with Gasteiger partial charge in [0.1, 0.15) is 4.90 Å². The van der Waals surface area contributed by atoms with Gasteiger partial charge < -0.3 is 14.0 Å². The molecule has 0 spiro atoms. The van der Waals surface area contributed by atoms with Crippen molar-refractivity contribution < 1.29 is 22.5 Å². The first kappa shape index (κ1) is 16.7. The van der Waals surface area contributed by atoms with Crippen molar-refractivity contribution in [1.29, 1.82) is 0 Å². The maximum atomic E-state index is 11.9. The topological polar surface area (TPSA) is 101 Å². The summed E-state index contributed by atoms with van der Waals surface area (Å²) in [6.07, 6.45) is 3.23. The van der Waals surface area contributed by atoms with Gasteiger partial charge >= 0.3 is 7.12 Å². The standard InChI is InChI=1S/C14H21BN2O5S/c1-13(2)14(3,4)22-15(21-13)12-7-11(23(16,18)19)10(8-17-12)20-9-5-6-9/h7-9H,5-6H2,1-4H3,(H2,16,18,19). The second kappa shape index (κ2) is 5.17. The van der Waals surface area contributed by atoms with Gasteiger partial charge in [0.2, 0.25) is 10.0 Å². The van der Waals surface area contributed by atoms with Crippen LogP contribution >= 0.6 is 0 Å². The van der Waals surface area contributed by atoms with Gasteiger partial charge in [-0.25, -0.2) is 13.6 Å². The number of nitrogens with zero attached hydrogens (tertiary/aromatic N) is 1. The van der Waals surface area contributed by atoms with Gasteiger partial charge in [-0.15, -0.1) is 0 Å². The number of primary sulfonamides is 1. The van der Waals surface area contributed by atoms with E-state index in [0.717, 1.165) is 12.8 Å². The molecule has 2 N–H and O–H groups in total. The summed E-state index contributed by atoms with van der Waals surface area (Å²) in [4.78, 5) is 4.16. The second-order valence-electron chi connectivity index (χ2n) is 7.01. The Morgan fingerprint density at radius 1 is 1.26 bits per heavy atom. The fourth-order valence-electron chi connectivity index (χ4n) is 2.21. The lowest BCUT2D eigenvalue weighted by Crippen LogP contribution is -2.41.